The number of benzene rings is 1. The average molecular weight is 393 g/mol. The van der Waals surface area contributed by atoms with Crippen molar-refractivity contribution in [2.24, 2.45) is 11.8 Å². The molecule has 7 heteroatoms. The van der Waals surface area contributed by atoms with Crippen LogP contribution in [0.5, 0.6) is 0 Å². The zero-order valence-corrected chi connectivity index (χ0v) is 16.2. The number of aromatic nitrogens is 2. The third-order valence-electron chi connectivity index (χ3n) is 5.71. The van der Waals surface area contributed by atoms with E-state index in [1.165, 1.54) is 16.4 Å². The first-order valence-corrected chi connectivity index (χ1v) is 9.69. The molecule has 1 aromatic carbocycles. The molecule has 1 aromatic heterocycles. The summed E-state index contributed by atoms with van der Waals surface area (Å²) < 4.78 is 1.34. The third kappa shape index (κ3) is 3.61. The van der Waals surface area contributed by atoms with Gasteiger partial charge in [-0.25, -0.2) is 4.79 Å². The van der Waals surface area contributed by atoms with Crippen molar-refractivity contribution in [3.8, 4) is 0 Å². The van der Waals surface area contributed by atoms with Crippen LogP contribution >= 0.6 is 23.2 Å². The number of nitrogens with zero attached hydrogens (tertiary/aromatic N) is 4. The lowest BCUT2D eigenvalue weighted by Gasteiger charge is -2.26. The van der Waals surface area contributed by atoms with Crippen LogP contribution in [-0.2, 0) is 6.54 Å². The van der Waals surface area contributed by atoms with E-state index < -0.39 is 0 Å². The Bertz CT molecular complexity index is 777. The summed E-state index contributed by atoms with van der Waals surface area (Å²) in [5, 5.41) is 5.29. The molecule has 0 N–H and O–H groups in total. The van der Waals surface area contributed by atoms with Gasteiger partial charge in [0.15, 0.2) is 0 Å². The molecule has 138 valence electrons. The molecule has 26 heavy (non-hydrogen) atoms. The number of likely N-dealkylation sites (tertiary alicyclic amines) is 1. The van der Waals surface area contributed by atoms with E-state index in [1.54, 1.807) is 6.20 Å². The first kappa shape index (κ1) is 17.8. The van der Waals surface area contributed by atoms with E-state index in [2.05, 4.69) is 29.2 Å². The fraction of sp³-hybridized carbons (Fsp3) is 0.474. The van der Waals surface area contributed by atoms with Crippen molar-refractivity contribution >= 4 is 29.2 Å². The molecule has 1 amide bonds. The molecule has 1 saturated heterocycles. The molecule has 1 aliphatic carbocycles. The highest BCUT2D eigenvalue weighted by atomic mass is 35.5. The van der Waals surface area contributed by atoms with Gasteiger partial charge in [-0.3, -0.25) is 4.90 Å². The Labute approximate surface area is 163 Å². The van der Waals surface area contributed by atoms with Gasteiger partial charge in [0.05, 0.1) is 17.4 Å². The van der Waals surface area contributed by atoms with Crippen LogP contribution in [0.15, 0.2) is 36.7 Å². The Hall–Kier alpha value is -1.56. The van der Waals surface area contributed by atoms with Crippen molar-refractivity contribution in [2.45, 2.75) is 25.4 Å². The number of hydrogen-bond acceptors (Lipinski definition) is 3. The molecule has 2 heterocycles. The van der Waals surface area contributed by atoms with Crippen LogP contribution in [0.3, 0.4) is 0 Å². The summed E-state index contributed by atoms with van der Waals surface area (Å²) in [7, 11) is 2.19. The number of rotatable bonds is 3. The summed E-state index contributed by atoms with van der Waals surface area (Å²) in [6.45, 7) is 2.55. The molecule has 2 aromatic rings. The van der Waals surface area contributed by atoms with Crippen LogP contribution in [0.1, 0.15) is 18.4 Å². The first-order valence-electron chi connectivity index (χ1n) is 8.93. The van der Waals surface area contributed by atoms with Gasteiger partial charge in [0.1, 0.15) is 0 Å². The molecule has 5 nitrogen and oxygen atoms in total. The number of fused-ring (bicyclic) bond motifs is 1. The summed E-state index contributed by atoms with van der Waals surface area (Å²) in [6, 6.07) is 8.56. The van der Waals surface area contributed by atoms with Crippen molar-refractivity contribution in [1.82, 2.24) is 19.6 Å². The van der Waals surface area contributed by atoms with Crippen LogP contribution in [0.25, 0.3) is 0 Å². The summed E-state index contributed by atoms with van der Waals surface area (Å²) in [5.74, 6) is 1.14. The second-order valence-corrected chi connectivity index (χ2v) is 8.35. The maximum Gasteiger partial charge on any atom is 0.344 e. The fourth-order valence-electron chi connectivity index (χ4n) is 4.34. The third-order valence-corrected chi connectivity index (χ3v) is 6.16. The molecule has 0 unspecified atom stereocenters. The highest BCUT2D eigenvalue weighted by Gasteiger charge is 2.43. The second kappa shape index (κ2) is 7.22. The molecule has 0 bridgehead atoms. The molecular formula is C19H22Cl2N4O. The number of halogens is 2. The van der Waals surface area contributed by atoms with Gasteiger partial charge in [0.2, 0.25) is 0 Å². The van der Waals surface area contributed by atoms with Crippen LogP contribution in [-0.4, -0.2) is 51.8 Å². The summed E-state index contributed by atoms with van der Waals surface area (Å²) in [6.07, 6.45) is 5.34. The van der Waals surface area contributed by atoms with E-state index in [0.717, 1.165) is 37.5 Å². The van der Waals surface area contributed by atoms with Crippen LogP contribution in [0.2, 0.25) is 10.0 Å². The maximum absolute atomic E-state index is 12.5. The second-order valence-electron chi connectivity index (χ2n) is 7.48. The van der Waals surface area contributed by atoms with Gasteiger partial charge in [-0.1, -0.05) is 35.3 Å². The average Bonchev–Trinajstić information content (AvgIpc) is 3.30. The maximum atomic E-state index is 12.5. The molecular weight excluding hydrogens is 371 g/mol. The Morgan fingerprint density at radius 2 is 1.81 bits per heavy atom. The summed E-state index contributed by atoms with van der Waals surface area (Å²) in [4.78, 5) is 16.9. The van der Waals surface area contributed by atoms with E-state index in [-0.39, 0.29) is 6.03 Å². The van der Waals surface area contributed by atoms with Crippen LogP contribution < -0.4 is 0 Å². The lowest BCUT2D eigenvalue weighted by molar-refractivity contribution is 0.192. The highest BCUT2D eigenvalue weighted by Crippen LogP contribution is 2.40. The molecule has 2 fully saturated rings. The van der Waals surface area contributed by atoms with Crippen molar-refractivity contribution in [2.75, 3.05) is 20.1 Å². The molecule has 1 saturated carbocycles. The minimum Gasteiger partial charge on any atom is -0.322 e. The van der Waals surface area contributed by atoms with E-state index in [0.29, 0.717) is 22.9 Å². The summed E-state index contributed by atoms with van der Waals surface area (Å²) in [5.41, 5.74) is 1.28. The van der Waals surface area contributed by atoms with Gasteiger partial charge in [0, 0.05) is 30.7 Å². The van der Waals surface area contributed by atoms with Crippen LogP contribution in [0.4, 0.5) is 4.79 Å². The summed E-state index contributed by atoms with van der Waals surface area (Å²) >= 11 is 11.8. The van der Waals surface area contributed by atoms with Crippen molar-refractivity contribution < 1.29 is 4.79 Å². The quantitative estimate of drug-likeness (QED) is 0.792. The van der Waals surface area contributed by atoms with Gasteiger partial charge in [-0.2, -0.15) is 9.78 Å². The standard InChI is InChI=1S/C19H22Cl2N4O/c1-23(9-13-2-4-16(20)5-3-13)18-6-14-10-24(11-15(14)7-18)19(26)25-12-17(21)8-22-25/h2-5,8,12,14-15,18H,6-7,9-11H2,1H3/t14-,15+,18-. The smallest absolute Gasteiger partial charge is 0.322 e. The van der Waals surface area contributed by atoms with Crippen LogP contribution in [0, 0.1) is 11.8 Å². The van der Waals surface area contributed by atoms with E-state index in [1.807, 2.05) is 17.0 Å². The Morgan fingerprint density at radius 1 is 1.15 bits per heavy atom. The molecule has 1 aliphatic heterocycles. The van der Waals surface area contributed by atoms with E-state index >= 15 is 0 Å². The zero-order valence-electron chi connectivity index (χ0n) is 14.7. The molecule has 0 radical (unpaired) electrons. The van der Waals surface area contributed by atoms with Gasteiger partial charge >= 0.3 is 6.03 Å². The van der Waals surface area contributed by atoms with Gasteiger partial charge in [-0.15, -0.1) is 0 Å². The number of carbonyl (C=O) groups is 1. The number of amides is 1. The van der Waals surface area contributed by atoms with Crippen molar-refractivity contribution in [3.63, 3.8) is 0 Å². The predicted octanol–water partition coefficient (Wildman–Crippen LogP) is 4.00. The zero-order chi connectivity index (χ0) is 18.3. The van der Waals surface area contributed by atoms with Crippen molar-refractivity contribution in [1.29, 1.82) is 0 Å². The molecule has 3 atom stereocenters. The predicted molar refractivity (Wildman–Crippen MR) is 103 cm³/mol. The molecule has 0 spiro atoms. The van der Waals surface area contributed by atoms with Gasteiger partial charge in [-0.05, 0) is 49.4 Å². The van der Waals surface area contributed by atoms with Crippen molar-refractivity contribution in [3.05, 3.63) is 52.3 Å². The SMILES string of the molecule is CN(Cc1ccc(Cl)cc1)[C@@H]1C[C@@H]2CN(C(=O)n3cc(Cl)cn3)C[C@@H]2C1. The Kier molecular flexibility index (Phi) is 4.95. The lowest BCUT2D eigenvalue weighted by Crippen LogP contribution is -2.36. The lowest BCUT2D eigenvalue weighted by atomic mass is 10.0. The number of carbonyl (C=O) groups excluding carboxylic acids is 1. The largest absolute Gasteiger partial charge is 0.344 e. The first-order chi connectivity index (χ1) is 12.5. The minimum absolute atomic E-state index is 0.0719. The monoisotopic (exact) mass is 392 g/mol. The van der Waals surface area contributed by atoms with Gasteiger partial charge in [0.25, 0.3) is 0 Å². The Morgan fingerprint density at radius 3 is 2.38 bits per heavy atom. The molecule has 2 aliphatic rings. The highest BCUT2D eigenvalue weighted by molar-refractivity contribution is 6.30. The van der Waals surface area contributed by atoms with E-state index in [4.69, 9.17) is 23.2 Å². The molecule has 4 rings (SSSR count). The number of hydrogen-bond donors (Lipinski definition) is 0. The minimum atomic E-state index is -0.0719. The van der Waals surface area contributed by atoms with E-state index in [9.17, 15) is 4.79 Å². The Balaban J connectivity index is 1.33. The fourth-order valence-corrected chi connectivity index (χ4v) is 4.60. The topological polar surface area (TPSA) is 41.4 Å². The normalized spacial score (nSPS) is 25.1. The van der Waals surface area contributed by atoms with Gasteiger partial charge < -0.3 is 4.90 Å².